The van der Waals surface area contributed by atoms with Crippen LogP contribution in [0.3, 0.4) is 0 Å². The van der Waals surface area contributed by atoms with E-state index in [0.717, 1.165) is 5.56 Å². The van der Waals surface area contributed by atoms with E-state index in [1.54, 1.807) is 12.1 Å². The largest absolute Gasteiger partial charge is 0.508 e. The fourth-order valence-corrected chi connectivity index (χ4v) is 1.89. The smallest absolute Gasteiger partial charge is 0.307 e. The number of nitrogens with zero attached hydrogens (tertiary/aromatic N) is 1. The molecule has 0 aliphatic carbocycles. The van der Waals surface area contributed by atoms with Gasteiger partial charge >= 0.3 is 5.97 Å². The Kier molecular flexibility index (Phi) is 3.67. The van der Waals surface area contributed by atoms with Crippen molar-refractivity contribution in [1.29, 1.82) is 0 Å². The normalized spacial score (nSPS) is 12.1. The topological polar surface area (TPSA) is 51.5 Å². The fourth-order valence-electron chi connectivity index (χ4n) is 1.89. The minimum absolute atomic E-state index is 0.118. The monoisotopic (exact) mass is 245 g/mol. The lowest BCUT2D eigenvalue weighted by Crippen LogP contribution is -2.14. The summed E-state index contributed by atoms with van der Waals surface area (Å²) in [5, 5.41) is 9.30. The molecule has 2 rings (SSSR count). The zero-order valence-electron chi connectivity index (χ0n) is 10.1. The number of hydrogen-bond acceptors (Lipinski definition) is 3. The van der Waals surface area contributed by atoms with E-state index < -0.39 is 0 Å². The highest BCUT2D eigenvalue weighted by Crippen LogP contribution is 2.24. The van der Waals surface area contributed by atoms with E-state index in [-0.39, 0.29) is 24.2 Å². The van der Waals surface area contributed by atoms with E-state index >= 15 is 0 Å². The Morgan fingerprint density at radius 1 is 1.28 bits per heavy atom. The fraction of sp³-hybridized carbons (Fsp3) is 0.214. The standard InChI is InChI=1S/C14H15NO3/c1-18-14(17)10-13(15-8-2-3-9-15)11-4-6-12(16)7-5-11/h2-9,13,16H,10H2,1H3/t13-/m1/s1. The summed E-state index contributed by atoms with van der Waals surface area (Å²) in [7, 11) is 1.38. The van der Waals surface area contributed by atoms with Crippen molar-refractivity contribution in [3.8, 4) is 5.75 Å². The molecule has 1 aromatic carbocycles. The van der Waals surface area contributed by atoms with Gasteiger partial charge in [-0.05, 0) is 29.8 Å². The molecule has 4 nitrogen and oxygen atoms in total. The van der Waals surface area contributed by atoms with Gasteiger partial charge in [0.05, 0.1) is 19.6 Å². The van der Waals surface area contributed by atoms with Crippen molar-refractivity contribution < 1.29 is 14.6 Å². The summed E-state index contributed by atoms with van der Waals surface area (Å²) in [6.45, 7) is 0. The first kappa shape index (κ1) is 12.2. The van der Waals surface area contributed by atoms with Crippen molar-refractivity contribution in [2.24, 2.45) is 0 Å². The van der Waals surface area contributed by atoms with E-state index in [1.165, 1.54) is 7.11 Å². The molecular weight excluding hydrogens is 230 g/mol. The molecule has 0 unspecified atom stereocenters. The number of phenolic OH excluding ortho intramolecular Hbond substituents is 1. The van der Waals surface area contributed by atoms with E-state index in [4.69, 9.17) is 4.74 Å². The summed E-state index contributed by atoms with van der Waals surface area (Å²) in [6, 6.07) is 10.5. The second-order valence-corrected chi connectivity index (χ2v) is 4.02. The number of aromatic nitrogens is 1. The average molecular weight is 245 g/mol. The zero-order chi connectivity index (χ0) is 13.0. The summed E-state index contributed by atoms with van der Waals surface area (Å²) in [5.41, 5.74) is 0.953. The quantitative estimate of drug-likeness (QED) is 0.841. The number of phenols is 1. The lowest BCUT2D eigenvalue weighted by atomic mass is 10.0. The van der Waals surface area contributed by atoms with Gasteiger partial charge < -0.3 is 14.4 Å². The number of carbonyl (C=O) groups excluding carboxylic acids is 1. The van der Waals surface area contributed by atoms with Gasteiger partial charge in [0.2, 0.25) is 0 Å². The molecule has 0 saturated carbocycles. The number of hydrogen-bond donors (Lipinski definition) is 1. The van der Waals surface area contributed by atoms with Gasteiger partial charge in [0.15, 0.2) is 0 Å². The van der Waals surface area contributed by atoms with Crippen LogP contribution in [-0.2, 0) is 9.53 Å². The number of carbonyl (C=O) groups is 1. The molecule has 1 atom stereocenters. The maximum atomic E-state index is 11.5. The first-order valence-corrected chi connectivity index (χ1v) is 5.69. The molecule has 0 fully saturated rings. The van der Waals surface area contributed by atoms with Crippen LogP contribution in [0.5, 0.6) is 5.75 Å². The van der Waals surface area contributed by atoms with Gasteiger partial charge in [-0.2, -0.15) is 0 Å². The highest BCUT2D eigenvalue weighted by Gasteiger charge is 2.17. The van der Waals surface area contributed by atoms with Crippen LogP contribution in [0.25, 0.3) is 0 Å². The summed E-state index contributed by atoms with van der Waals surface area (Å²) in [6.07, 6.45) is 4.07. The molecule has 1 aromatic heterocycles. The third kappa shape index (κ3) is 2.71. The number of benzene rings is 1. The number of ether oxygens (including phenoxy) is 1. The predicted octanol–water partition coefficient (Wildman–Crippen LogP) is 2.35. The van der Waals surface area contributed by atoms with Crippen LogP contribution in [0.1, 0.15) is 18.0 Å². The van der Waals surface area contributed by atoms with Gasteiger partial charge in [0.25, 0.3) is 0 Å². The minimum Gasteiger partial charge on any atom is -0.508 e. The number of esters is 1. The van der Waals surface area contributed by atoms with E-state index in [9.17, 15) is 9.90 Å². The van der Waals surface area contributed by atoms with Crippen LogP contribution in [-0.4, -0.2) is 22.8 Å². The van der Waals surface area contributed by atoms with Crippen LogP contribution in [0.2, 0.25) is 0 Å². The molecule has 0 spiro atoms. The number of aromatic hydroxyl groups is 1. The van der Waals surface area contributed by atoms with Crippen molar-refractivity contribution in [2.75, 3.05) is 7.11 Å². The van der Waals surface area contributed by atoms with Gasteiger partial charge in [-0.25, -0.2) is 0 Å². The molecule has 0 aliphatic heterocycles. The van der Waals surface area contributed by atoms with Gasteiger partial charge in [0.1, 0.15) is 5.75 Å². The van der Waals surface area contributed by atoms with Crippen molar-refractivity contribution in [3.05, 3.63) is 54.4 Å². The van der Waals surface area contributed by atoms with E-state index in [0.29, 0.717) is 0 Å². The van der Waals surface area contributed by atoms with Gasteiger partial charge in [-0.15, -0.1) is 0 Å². The lowest BCUT2D eigenvalue weighted by molar-refractivity contribution is -0.141. The molecule has 1 heterocycles. The predicted molar refractivity (Wildman–Crippen MR) is 67.3 cm³/mol. The molecule has 18 heavy (non-hydrogen) atoms. The Labute approximate surface area is 105 Å². The molecule has 0 radical (unpaired) electrons. The molecule has 2 aromatic rings. The Hall–Kier alpha value is -2.23. The zero-order valence-corrected chi connectivity index (χ0v) is 10.1. The van der Waals surface area contributed by atoms with Crippen molar-refractivity contribution >= 4 is 5.97 Å². The van der Waals surface area contributed by atoms with E-state index in [2.05, 4.69) is 0 Å². The molecule has 0 saturated heterocycles. The summed E-state index contributed by atoms with van der Waals surface area (Å²) in [4.78, 5) is 11.5. The van der Waals surface area contributed by atoms with Crippen molar-refractivity contribution in [3.63, 3.8) is 0 Å². The maximum absolute atomic E-state index is 11.5. The third-order valence-corrected chi connectivity index (χ3v) is 2.85. The summed E-state index contributed by atoms with van der Waals surface area (Å²) >= 11 is 0. The molecule has 0 bridgehead atoms. The van der Waals surface area contributed by atoms with Crippen LogP contribution >= 0.6 is 0 Å². The molecule has 0 amide bonds. The van der Waals surface area contributed by atoms with Crippen LogP contribution < -0.4 is 0 Å². The highest BCUT2D eigenvalue weighted by molar-refractivity contribution is 5.70. The van der Waals surface area contributed by atoms with E-state index in [1.807, 2.05) is 41.2 Å². The SMILES string of the molecule is COC(=O)C[C@H](c1ccc(O)cc1)n1cccc1. The highest BCUT2D eigenvalue weighted by atomic mass is 16.5. The minimum atomic E-state index is -0.262. The average Bonchev–Trinajstić information content (AvgIpc) is 2.90. The third-order valence-electron chi connectivity index (χ3n) is 2.85. The van der Waals surface area contributed by atoms with Gasteiger partial charge in [-0.3, -0.25) is 4.79 Å². The molecule has 94 valence electrons. The van der Waals surface area contributed by atoms with Crippen LogP contribution in [0, 0.1) is 0 Å². The first-order valence-electron chi connectivity index (χ1n) is 5.69. The Balaban J connectivity index is 2.30. The summed E-state index contributed by atoms with van der Waals surface area (Å²) in [5.74, 6) is -0.0511. The Morgan fingerprint density at radius 2 is 1.89 bits per heavy atom. The second-order valence-electron chi connectivity index (χ2n) is 4.02. The van der Waals surface area contributed by atoms with Crippen LogP contribution in [0.15, 0.2) is 48.8 Å². The number of methoxy groups -OCH3 is 1. The second kappa shape index (κ2) is 5.40. The Morgan fingerprint density at radius 3 is 2.44 bits per heavy atom. The molecule has 4 heteroatoms. The summed E-state index contributed by atoms with van der Waals surface area (Å²) < 4.78 is 6.67. The van der Waals surface area contributed by atoms with Crippen molar-refractivity contribution in [2.45, 2.75) is 12.5 Å². The van der Waals surface area contributed by atoms with Gasteiger partial charge in [0, 0.05) is 12.4 Å². The molecule has 1 N–H and O–H groups in total. The molecule has 0 aliphatic rings. The Bertz CT molecular complexity index is 502. The van der Waals surface area contributed by atoms with Crippen LogP contribution in [0.4, 0.5) is 0 Å². The van der Waals surface area contributed by atoms with Gasteiger partial charge in [-0.1, -0.05) is 12.1 Å². The lowest BCUT2D eigenvalue weighted by Gasteiger charge is -2.18. The van der Waals surface area contributed by atoms with Crippen molar-refractivity contribution in [1.82, 2.24) is 4.57 Å². The molecular formula is C14H15NO3. The number of rotatable bonds is 4. The maximum Gasteiger partial charge on any atom is 0.307 e. The first-order chi connectivity index (χ1) is 8.70.